The number of nitrogens with two attached hydrogens (primary N) is 1. The number of anilines is 1. The first-order chi connectivity index (χ1) is 17.7. The monoisotopic (exact) mass is 518 g/mol. The number of hydrogen-bond donors (Lipinski definition) is 3. The Balaban J connectivity index is 0. The molecular formula is C28H46N4O5. The molecule has 9 nitrogen and oxygen atoms in total. The van der Waals surface area contributed by atoms with Gasteiger partial charge in [0.1, 0.15) is 11.5 Å². The number of aliphatic hydroxyl groups excluding tert-OH is 1. The molecule has 9 heteroatoms. The van der Waals surface area contributed by atoms with Crippen LogP contribution in [0, 0.1) is 0 Å². The number of rotatable bonds is 9. The van der Waals surface area contributed by atoms with Gasteiger partial charge in [-0.05, 0) is 52.2 Å². The first-order valence-electron chi connectivity index (χ1n) is 12.4. The molecule has 4 N–H and O–H groups in total. The fraction of sp³-hybridized carbons (Fsp3) is 0.464. The minimum absolute atomic E-state index is 0.0859. The Morgan fingerprint density at radius 3 is 2.49 bits per heavy atom. The minimum Gasteiger partial charge on any atom is -0.498 e. The van der Waals surface area contributed by atoms with E-state index in [1.54, 1.807) is 35.4 Å². The Kier molecular flexibility index (Phi) is 22.0. The van der Waals surface area contributed by atoms with Crippen molar-refractivity contribution < 1.29 is 24.2 Å². The number of aromatic nitrogens is 2. The van der Waals surface area contributed by atoms with Crippen LogP contribution in [0.15, 0.2) is 72.1 Å². The third-order valence-corrected chi connectivity index (χ3v) is 4.16. The molecule has 208 valence electrons. The van der Waals surface area contributed by atoms with E-state index in [1.807, 2.05) is 59.9 Å². The van der Waals surface area contributed by atoms with Crippen LogP contribution >= 0.6 is 0 Å². The SMILES string of the molecule is C/C=C(\CC=C(/C=C/OC(C)C)OC1=CC=CCCC1)C(=O)Nc1ccn(C)n1.CC.CC(N)=O.CO. The summed E-state index contributed by atoms with van der Waals surface area (Å²) in [5, 5.41) is 14.0. The van der Waals surface area contributed by atoms with E-state index in [-0.39, 0.29) is 17.9 Å². The molecule has 0 saturated carbocycles. The lowest BCUT2D eigenvalue weighted by molar-refractivity contribution is -0.116. The zero-order valence-corrected chi connectivity index (χ0v) is 23.7. The van der Waals surface area contributed by atoms with Gasteiger partial charge in [0.05, 0.1) is 12.4 Å². The van der Waals surface area contributed by atoms with Crippen LogP contribution in [0.5, 0.6) is 0 Å². The number of hydrogen-bond acceptors (Lipinski definition) is 6. The lowest BCUT2D eigenvalue weighted by atomic mass is 10.1. The molecule has 37 heavy (non-hydrogen) atoms. The minimum atomic E-state index is -0.333. The molecule has 1 aromatic heterocycles. The van der Waals surface area contributed by atoms with Gasteiger partial charge in [-0.3, -0.25) is 14.3 Å². The second kappa shape index (κ2) is 22.8. The molecule has 0 radical (unpaired) electrons. The zero-order chi connectivity index (χ0) is 28.6. The van der Waals surface area contributed by atoms with E-state index in [2.05, 4.69) is 22.2 Å². The largest absolute Gasteiger partial charge is 0.498 e. The average Bonchev–Trinajstić information content (AvgIpc) is 3.10. The summed E-state index contributed by atoms with van der Waals surface area (Å²) in [6.07, 6.45) is 18.5. The fourth-order valence-electron chi connectivity index (χ4n) is 2.62. The summed E-state index contributed by atoms with van der Waals surface area (Å²) in [6.45, 7) is 11.1. The Hall–Kier alpha value is -3.59. The number of carbonyl (C=O) groups excluding carboxylic acids is 2. The van der Waals surface area contributed by atoms with Gasteiger partial charge in [0, 0.05) is 51.4 Å². The third-order valence-electron chi connectivity index (χ3n) is 4.16. The maximum absolute atomic E-state index is 12.5. The number of nitrogens with one attached hydrogen (secondary N) is 1. The van der Waals surface area contributed by atoms with Gasteiger partial charge in [-0.25, -0.2) is 0 Å². The van der Waals surface area contributed by atoms with E-state index in [0.29, 0.717) is 23.6 Å². The Labute approximate surface area is 222 Å². The van der Waals surface area contributed by atoms with Gasteiger partial charge in [0.2, 0.25) is 5.91 Å². The van der Waals surface area contributed by atoms with Crippen LogP contribution < -0.4 is 11.1 Å². The van der Waals surface area contributed by atoms with Crippen LogP contribution in [0.25, 0.3) is 0 Å². The summed E-state index contributed by atoms with van der Waals surface area (Å²) in [5.74, 6) is 1.56. The number of nitrogens with zero attached hydrogens (tertiary/aromatic N) is 2. The van der Waals surface area contributed by atoms with E-state index in [4.69, 9.17) is 14.6 Å². The molecule has 0 atom stereocenters. The highest BCUT2D eigenvalue weighted by Gasteiger charge is 2.11. The zero-order valence-electron chi connectivity index (χ0n) is 23.7. The van der Waals surface area contributed by atoms with Gasteiger partial charge in [-0.15, -0.1) is 0 Å². The van der Waals surface area contributed by atoms with Crippen molar-refractivity contribution in [1.82, 2.24) is 9.78 Å². The molecule has 0 fully saturated rings. The molecule has 0 spiro atoms. The number of allylic oxidation sites excluding steroid dienone is 7. The van der Waals surface area contributed by atoms with Crippen LogP contribution in [0.1, 0.15) is 67.2 Å². The van der Waals surface area contributed by atoms with Crippen molar-refractivity contribution in [1.29, 1.82) is 0 Å². The molecule has 1 aliphatic rings. The Morgan fingerprint density at radius 1 is 1.30 bits per heavy atom. The molecule has 0 bridgehead atoms. The van der Waals surface area contributed by atoms with Crippen LogP contribution in [-0.2, 0) is 26.1 Å². The fourth-order valence-corrected chi connectivity index (χ4v) is 2.62. The van der Waals surface area contributed by atoms with Gasteiger partial charge in [0.25, 0.3) is 5.91 Å². The third kappa shape index (κ3) is 19.3. The maximum Gasteiger partial charge on any atom is 0.252 e. The molecule has 1 aromatic rings. The number of primary amides is 1. The quantitative estimate of drug-likeness (QED) is 0.232. The van der Waals surface area contributed by atoms with Gasteiger partial charge < -0.3 is 25.6 Å². The van der Waals surface area contributed by atoms with Crippen molar-refractivity contribution in [2.75, 3.05) is 12.4 Å². The maximum atomic E-state index is 12.5. The standard InChI is InChI=1S/C23H31N3O3.C2H5NO.C2H6.CH4O/c1-5-19(23(27)24-22-14-16-26(4)25-22)12-13-21(15-17-28-18(2)3)29-20-10-8-6-7-9-11-20;1-2(3)4;2*1-2/h5-6,8,10,13-18H,7,9,11-12H2,1-4H3,(H,24,25,27);1H3,(H2,3,4);1-2H3;2H,1H3/b17-15+,19-5+,21-13?;;;. The summed E-state index contributed by atoms with van der Waals surface area (Å²) in [5.41, 5.74) is 5.10. The molecule has 0 aliphatic heterocycles. The molecule has 1 heterocycles. The summed E-state index contributed by atoms with van der Waals surface area (Å²) in [7, 11) is 2.81. The van der Waals surface area contributed by atoms with Crippen LogP contribution in [0.3, 0.4) is 0 Å². The van der Waals surface area contributed by atoms with Gasteiger partial charge in [-0.1, -0.05) is 32.1 Å². The molecular weight excluding hydrogens is 472 g/mol. The van der Waals surface area contributed by atoms with Gasteiger partial charge in [0.15, 0.2) is 5.82 Å². The topological polar surface area (TPSA) is 129 Å². The Bertz CT molecular complexity index is 921. The first-order valence-corrected chi connectivity index (χ1v) is 12.4. The second-order valence-corrected chi connectivity index (χ2v) is 7.61. The van der Waals surface area contributed by atoms with E-state index < -0.39 is 0 Å². The lowest BCUT2D eigenvalue weighted by Crippen LogP contribution is -2.14. The van der Waals surface area contributed by atoms with Crippen molar-refractivity contribution in [3.05, 3.63) is 72.1 Å². The predicted octanol–water partition coefficient (Wildman–Crippen LogP) is 5.28. The van der Waals surface area contributed by atoms with Crippen LogP contribution in [-0.4, -0.2) is 39.9 Å². The van der Waals surface area contributed by atoms with Crippen molar-refractivity contribution in [2.45, 2.75) is 73.3 Å². The van der Waals surface area contributed by atoms with Gasteiger partial charge >= 0.3 is 0 Å². The number of aliphatic hydroxyl groups is 1. The van der Waals surface area contributed by atoms with E-state index in [1.165, 1.54) is 6.92 Å². The molecule has 1 aliphatic carbocycles. The van der Waals surface area contributed by atoms with Crippen molar-refractivity contribution >= 4 is 17.6 Å². The summed E-state index contributed by atoms with van der Waals surface area (Å²) < 4.78 is 13.2. The normalized spacial score (nSPS) is 13.1. The summed E-state index contributed by atoms with van der Waals surface area (Å²) >= 11 is 0. The van der Waals surface area contributed by atoms with E-state index >= 15 is 0 Å². The molecule has 0 unspecified atom stereocenters. The van der Waals surface area contributed by atoms with Crippen LogP contribution in [0.2, 0.25) is 0 Å². The number of ether oxygens (including phenoxy) is 2. The number of carbonyl (C=O) groups is 2. The summed E-state index contributed by atoms with van der Waals surface area (Å²) in [6, 6.07) is 1.76. The number of aryl methyl sites for hydroxylation is 1. The van der Waals surface area contributed by atoms with Crippen LogP contribution in [0.4, 0.5) is 5.82 Å². The lowest BCUT2D eigenvalue weighted by Gasteiger charge is -2.11. The summed E-state index contributed by atoms with van der Waals surface area (Å²) in [4.78, 5) is 21.8. The molecule has 0 aromatic carbocycles. The van der Waals surface area contributed by atoms with E-state index in [9.17, 15) is 9.59 Å². The number of amides is 2. The smallest absolute Gasteiger partial charge is 0.252 e. The van der Waals surface area contributed by atoms with Gasteiger partial charge in [-0.2, -0.15) is 5.10 Å². The molecule has 2 amide bonds. The highest BCUT2D eigenvalue weighted by Crippen LogP contribution is 2.19. The highest BCUT2D eigenvalue weighted by molar-refractivity contribution is 6.03. The average molecular weight is 519 g/mol. The second-order valence-electron chi connectivity index (χ2n) is 7.61. The Morgan fingerprint density at radius 2 is 1.95 bits per heavy atom. The molecule has 2 rings (SSSR count). The molecule has 0 saturated heterocycles. The predicted molar refractivity (Wildman–Crippen MR) is 150 cm³/mol. The van der Waals surface area contributed by atoms with Crippen molar-refractivity contribution in [3.8, 4) is 0 Å². The van der Waals surface area contributed by atoms with Crippen molar-refractivity contribution in [2.24, 2.45) is 12.8 Å². The van der Waals surface area contributed by atoms with Crippen molar-refractivity contribution in [3.63, 3.8) is 0 Å². The van der Waals surface area contributed by atoms with E-state index in [0.717, 1.165) is 32.1 Å². The highest BCUT2D eigenvalue weighted by atomic mass is 16.5. The first kappa shape index (κ1) is 35.6.